The number of benzene rings is 1. The lowest BCUT2D eigenvalue weighted by Gasteiger charge is -2.33. The second-order valence-corrected chi connectivity index (χ2v) is 4.99. The summed E-state index contributed by atoms with van der Waals surface area (Å²) in [5.41, 5.74) is 3.32. The molecule has 1 fully saturated rings. The Morgan fingerprint density at radius 3 is 2.38 bits per heavy atom. The monoisotopic (exact) mass is 217 g/mol. The zero-order valence-corrected chi connectivity index (χ0v) is 10.7. The summed E-state index contributed by atoms with van der Waals surface area (Å²) in [6, 6.07) is 9.86. The molecule has 0 saturated carbocycles. The number of nitrogens with one attached hydrogen (secondary N) is 1. The number of aryl methyl sites for hydroxylation is 1. The molecule has 1 aliphatic rings. The van der Waals surface area contributed by atoms with Crippen LogP contribution in [0.3, 0.4) is 0 Å². The predicted octanol–water partition coefficient (Wildman–Crippen LogP) is 3.28. The smallest absolute Gasteiger partial charge is 0.0136 e. The first-order valence-corrected chi connectivity index (χ1v) is 6.55. The molecule has 0 radical (unpaired) electrons. The minimum atomic E-state index is 0.367. The van der Waals surface area contributed by atoms with Gasteiger partial charge in [-0.25, -0.2) is 0 Å². The normalized spacial score (nSPS) is 29.6. The van der Waals surface area contributed by atoms with E-state index in [1.54, 1.807) is 0 Å². The maximum Gasteiger partial charge on any atom is 0.0136 e. The van der Waals surface area contributed by atoms with Crippen molar-refractivity contribution in [3.63, 3.8) is 0 Å². The molecule has 0 spiro atoms. The van der Waals surface area contributed by atoms with Gasteiger partial charge in [0.15, 0.2) is 0 Å². The molecule has 1 N–H and O–H groups in total. The van der Waals surface area contributed by atoms with Crippen LogP contribution in [0.2, 0.25) is 0 Å². The molecule has 1 nitrogen and oxygen atoms in total. The van der Waals surface area contributed by atoms with Crippen LogP contribution in [0, 0.1) is 0 Å². The minimum absolute atomic E-state index is 0.367. The van der Waals surface area contributed by atoms with Crippen molar-refractivity contribution in [3.05, 3.63) is 35.4 Å². The van der Waals surface area contributed by atoms with Crippen molar-refractivity contribution in [1.29, 1.82) is 0 Å². The third-order valence-electron chi connectivity index (χ3n) is 4.42. The fraction of sp³-hybridized carbons (Fsp3) is 0.600. The van der Waals surface area contributed by atoms with E-state index in [0.29, 0.717) is 11.5 Å². The molecule has 1 aromatic carbocycles. The van der Waals surface area contributed by atoms with Gasteiger partial charge < -0.3 is 5.32 Å². The van der Waals surface area contributed by atoms with Crippen LogP contribution >= 0.6 is 0 Å². The van der Waals surface area contributed by atoms with E-state index in [0.717, 1.165) is 13.0 Å². The van der Waals surface area contributed by atoms with Crippen LogP contribution < -0.4 is 5.32 Å². The fourth-order valence-corrected chi connectivity index (χ4v) is 3.08. The molecule has 16 heavy (non-hydrogen) atoms. The van der Waals surface area contributed by atoms with Gasteiger partial charge in [-0.3, -0.25) is 0 Å². The van der Waals surface area contributed by atoms with Crippen molar-refractivity contribution in [3.8, 4) is 0 Å². The van der Waals surface area contributed by atoms with Crippen molar-refractivity contribution >= 4 is 0 Å². The molecular weight excluding hydrogens is 194 g/mol. The molecule has 1 heteroatoms. The SMILES string of the molecule is CCc1ccc(C2(CC)CCNC2C)cc1. The Balaban J connectivity index is 2.33. The van der Waals surface area contributed by atoms with Crippen LogP contribution in [-0.4, -0.2) is 12.6 Å². The Bertz CT molecular complexity index is 341. The second kappa shape index (κ2) is 4.58. The highest BCUT2D eigenvalue weighted by atomic mass is 15.0. The Labute approximate surface area is 99.3 Å². The van der Waals surface area contributed by atoms with Gasteiger partial charge in [0.05, 0.1) is 0 Å². The third-order valence-corrected chi connectivity index (χ3v) is 4.42. The lowest BCUT2D eigenvalue weighted by Crippen LogP contribution is -2.37. The molecule has 1 saturated heterocycles. The van der Waals surface area contributed by atoms with Gasteiger partial charge in [0, 0.05) is 11.5 Å². The van der Waals surface area contributed by atoms with E-state index >= 15 is 0 Å². The average Bonchev–Trinajstić information content (AvgIpc) is 2.72. The van der Waals surface area contributed by atoms with Crippen LogP contribution in [0.4, 0.5) is 0 Å². The maximum atomic E-state index is 3.59. The van der Waals surface area contributed by atoms with E-state index in [4.69, 9.17) is 0 Å². The lowest BCUT2D eigenvalue weighted by atomic mass is 9.72. The van der Waals surface area contributed by atoms with Crippen molar-refractivity contribution in [1.82, 2.24) is 5.32 Å². The van der Waals surface area contributed by atoms with E-state index in [1.165, 1.54) is 24.0 Å². The molecule has 0 bridgehead atoms. The summed E-state index contributed by atoms with van der Waals surface area (Å²) < 4.78 is 0. The Morgan fingerprint density at radius 1 is 1.25 bits per heavy atom. The van der Waals surface area contributed by atoms with Crippen LogP contribution in [0.25, 0.3) is 0 Å². The van der Waals surface area contributed by atoms with Crippen molar-refractivity contribution in [2.24, 2.45) is 0 Å². The zero-order chi connectivity index (χ0) is 11.6. The lowest BCUT2D eigenvalue weighted by molar-refractivity contribution is 0.374. The van der Waals surface area contributed by atoms with E-state index in [2.05, 4.69) is 50.4 Å². The van der Waals surface area contributed by atoms with Gasteiger partial charge >= 0.3 is 0 Å². The largest absolute Gasteiger partial charge is 0.313 e. The summed E-state index contributed by atoms with van der Waals surface area (Å²) in [5.74, 6) is 0. The van der Waals surface area contributed by atoms with Gasteiger partial charge in [0.25, 0.3) is 0 Å². The molecule has 0 amide bonds. The van der Waals surface area contributed by atoms with Crippen molar-refractivity contribution in [2.75, 3.05) is 6.54 Å². The minimum Gasteiger partial charge on any atom is -0.313 e. The van der Waals surface area contributed by atoms with Gasteiger partial charge in [0.1, 0.15) is 0 Å². The van der Waals surface area contributed by atoms with Crippen LogP contribution in [0.15, 0.2) is 24.3 Å². The van der Waals surface area contributed by atoms with Crippen molar-refractivity contribution < 1.29 is 0 Å². The first-order valence-electron chi connectivity index (χ1n) is 6.55. The summed E-state index contributed by atoms with van der Waals surface area (Å²) in [7, 11) is 0. The van der Waals surface area contributed by atoms with Gasteiger partial charge in [-0.05, 0) is 43.9 Å². The molecule has 2 unspecified atom stereocenters. The van der Waals surface area contributed by atoms with Gasteiger partial charge in [-0.2, -0.15) is 0 Å². The molecular formula is C15H23N. The predicted molar refractivity (Wildman–Crippen MR) is 69.9 cm³/mol. The highest BCUT2D eigenvalue weighted by molar-refractivity contribution is 5.32. The zero-order valence-electron chi connectivity index (χ0n) is 10.7. The summed E-state index contributed by atoms with van der Waals surface area (Å²) >= 11 is 0. The molecule has 88 valence electrons. The van der Waals surface area contributed by atoms with Gasteiger partial charge in [0.2, 0.25) is 0 Å². The standard InChI is InChI=1S/C15H23N/c1-4-13-6-8-14(9-7-13)15(5-2)10-11-16-12(15)3/h6-9,12,16H,4-5,10-11H2,1-3H3. The van der Waals surface area contributed by atoms with E-state index < -0.39 is 0 Å². The maximum absolute atomic E-state index is 3.59. The van der Waals surface area contributed by atoms with Crippen LogP contribution in [0.1, 0.15) is 44.7 Å². The molecule has 0 aliphatic carbocycles. The Hall–Kier alpha value is -0.820. The van der Waals surface area contributed by atoms with E-state index in [-0.39, 0.29) is 0 Å². The van der Waals surface area contributed by atoms with E-state index in [9.17, 15) is 0 Å². The summed E-state index contributed by atoms with van der Waals surface area (Å²) in [4.78, 5) is 0. The summed E-state index contributed by atoms with van der Waals surface area (Å²) in [6.45, 7) is 8.01. The van der Waals surface area contributed by atoms with Gasteiger partial charge in [-0.15, -0.1) is 0 Å². The number of rotatable bonds is 3. The average molecular weight is 217 g/mol. The molecule has 1 aliphatic heterocycles. The first-order chi connectivity index (χ1) is 7.73. The number of hydrogen-bond donors (Lipinski definition) is 1. The number of hydrogen-bond acceptors (Lipinski definition) is 1. The quantitative estimate of drug-likeness (QED) is 0.819. The highest BCUT2D eigenvalue weighted by Crippen LogP contribution is 2.38. The molecule has 1 heterocycles. The van der Waals surface area contributed by atoms with Gasteiger partial charge in [-0.1, -0.05) is 38.1 Å². The Kier molecular flexibility index (Phi) is 3.34. The summed E-state index contributed by atoms with van der Waals surface area (Å²) in [5, 5.41) is 3.59. The van der Waals surface area contributed by atoms with Crippen molar-refractivity contribution in [2.45, 2.75) is 51.5 Å². The van der Waals surface area contributed by atoms with E-state index in [1.807, 2.05) is 0 Å². The third kappa shape index (κ3) is 1.78. The highest BCUT2D eigenvalue weighted by Gasteiger charge is 2.39. The Morgan fingerprint density at radius 2 is 1.94 bits per heavy atom. The van der Waals surface area contributed by atoms with Crippen LogP contribution in [-0.2, 0) is 11.8 Å². The summed E-state index contributed by atoms with van der Waals surface area (Å²) in [6.07, 6.45) is 3.63. The molecule has 0 aromatic heterocycles. The molecule has 2 atom stereocenters. The first kappa shape index (κ1) is 11.7. The molecule has 1 aromatic rings. The second-order valence-electron chi connectivity index (χ2n) is 4.99. The topological polar surface area (TPSA) is 12.0 Å². The fourth-order valence-electron chi connectivity index (χ4n) is 3.08. The molecule has 2 rings (SSSR count). The van der Waals surface area contributed by atoms with Crippen LogP contribution in [0.5, 0.6) is 0 Å².